The van der Waals surface area contributed by atoms with E-state index < -0.39 is 0 Å². The second-order valence-electron chi connectivity index (χ2n) is 4.90. The normalized spacial score (nSPS) is 27.3. The van der Waals surface area contributed by atoms with Crippen LogP contribution in [0.1, 0.15) is 40.5 Å². The predicted molar refractivity (Wildman–Crippen MR) is 45.1 cm³/mol. The number of rotatable bonds is 0. The van der Waals surface area contributed by atoms with Gasteiger partial charge in [-0.3, -0.25) is 0 Å². The summed E-state index contributed by atoms with van der Waals surface area (Å²) < 4.78 is 0. The number of hydrogen-bond donors (Lipinski definition) is 1. The molecule has 1 fully saturated rings. The van der Waals surface area contributed by atoms with E-state index in [4.69, 9.17) is 0 Å². The molecule has 0 aromatic heterocycles. The summed E-state index contributed by atoms with van der Waals surface area (Å²) in [6.07, 6.45) is 2.66. The molecule has 0 saturated carbocycles. The van der Waals surface area contributed by atoms with Crippen LogP contribution < -0.4 is 34.9 Å². The zero-order valence-corrected chi connectivity index (χ0v) is 10.6. The average molecular weight is 164 g/mol. The second kappa shape index (κ2) is 3.78. The minimum atomic E-state index is 0. The zero-order chi connectivity index (χ0) is 7.83. The van der Waals surface area contributed by atoms with Crippen molar-refractivity contribution < 1.29 is 29.6 Å². The Balaban J connectivity index is 0.000001000. The maximum Gasteiger partial charge on any atom is 1.00 e. The van der Waals surface area contributed by atoms with Crippen molar-refractivity contribution in [2.75, 3.05) is 6.54 Å². The summed E-state index contributed by atoms with van der Waals surface area (Å²) >= 11 is 0. The summed E-state index contributed by atoms with van der Waals surface area (Å²) in [7, 11) is 0. The van der Waals surface area contributed by atoms with Crippen LogP contribution in [0.2, 0.25) is 0 Å². The minimum Gasteiger partial charge on any atom is -0.311 e. The minimum absolute atomic E-state index is 0. The summed E-state index contributed by atoms with van der Waals surface area (Å²) in [5, 5.41) is 3.55. The fourth-order valence-corrected chi connectivity index (χ4v) is 1.31. The van der Waals surface area contributed by atoms with Crippen LogP contribution in [0.15, 0.2) is 0 Å². The van der Waals surface area contributed by atoms with Gasteiger partial charge >= 0.3 is 29.6 Å². The van der Waals surface area contributed by atoms with Gasteiger partial charge in [0.1, 0.15) is 0 Å². The van der Waals surface area contributed by atoms with Crippen molar-refractivity contribution in [3.8, 4) is 0 Å². The summed E-state index contributed by atoms with van der Waals surface area (Å²) in [5.41, 5.74) is 0.908. The molecule has 0 amide bonds. The van der Waals surface area contributed by atoms with E-state index in [1.165, 1.54) is 19.4 Å². The Labute approximate surface area is 92.6 Å². The van der Waals surface area contributed by atoms with Gasteiger partial charge in [-0.25, -0.2) is 0 Å². The van der Waals surface area contributed by atoms with Crippen LogP contribution in [0.5, 0.6) is 0 Å². The summed E-state index contributed by atoms with van der Waals surface area (Å²) in [6, 6.07) is 0. The molecule has 11 heavy (non-hydrogen) atoms. The number of piperidine rings is 1. The van der Waals surface area contributed by atoms with Crippen LogP contribution in [0, 0.1) is 5.41 Å². The molecule has 1 rings (SSSR count). The monoisotopic (exact) mass is 164 g/mol. The van der Waals surface area contributed by atoms with E-state index in [9.17, 15) is 0 Å². The molecule has 1 heterocycles. The van der Waals surface area contributed by atoms with E-state index in [-0.39, 0.29) is 29.6 Å². The molecule has 1 aliphatic heterocycles. The van der Waals surface area contributed by atoms with E-state index in [0.29, 0.717) is 11.0 Å². The van der Waals surface area contributed by atoms with Crippen LogP contribution in [0.3, 0.4) is 0 Å². The Morgan fingerprint density at radius 2 is 1.55 bits per heavy atom. The number of hydrogen-bond acceptors (Lipinski definition) is 1. The molecular weight excluding hydrogens is 145 g/mol. The quantitative estimate of drug-likeness (QED) is 0.461. The maximum atomic E-state index is 3.55. The van der Waals surface area contributed by atoms with Gasteiger partial charge in [0.15, 0.2) is 0 Å². The van der Waals surface area contributed by atoms with Gasteiger partial charge in [-0.1, -0.05) is 13.8 Å². The fourth-order valence-electron chi connectivity index (χ4n) is 1.31. The van der Waals surface area contributed by atoms with E-state index in [1.807, 2.05) is 0 Å². The molecule has 0 aliphatic carbocycles. The van der Waals surface area contributed by atoms with Crippen molar-refractivity contribution in [2.24, 2.45) is 5.41 Å². The van der Waals surface area contributed by atoms with Gasteiger partial charge in [-0.05, 0) is 32.1 Å². The molecule has 1 N–H and O–H groups in total. The van der Waals surface area contributed by atoms with Crippen LogP contribution in [-0.2, 0) is 0 Å². The van der Waals surface area contributed by atoms with Crippen molar-refractivity contribution in [3.63, 3.8) is 0 Å². The molecular formula is C9H19NNa+. The van der Waals surface area contributed by atoms with Crippen molar-refractivity contribution in [2.45, 2.75) is 46.1 Å². The molecule has 0 unspecified atom stereocenters. The van der Waals surface area contributed by atoms with Crippen LogP contribution in [0.25, 0.3) is 0 Å². The van der Waals surface area contributed by atoms with Crippen LogP contribution in [0.4, 0.5) is 0 Å². The molecule has 0 aromatic rings. The van der Waals surface area contributed by atoms with E-state index in [0.717, 1.165) is 0 Å². The Morgan fingerprint density at radius 3 is 1.82 bits per heavy atom. The molecule has 0 bridgehead atoms. The van der Waals surface area contributed by atoms with E-state index in [1.54, 1.807) is 0 Å². The first-order valence-corrected chi connectivity index (χ1v) is 4.16. The Kier molecular flexibility index (Phi) is 4.11. The smallest absolute Gasteiger partial charge is 0.311 e. The van der Waals surface area contributed by atoms with Gasteiger partial charge in [0, 0.05) is 12.1 Å². The first kappa shape index (κ1) is 12.0. The zero-order valence-electron chi connectivity index (χ0n) is 8.62. The van der Waals surface area contributed by atoms with Gasteiger partial charge in [-0.15, -0.1) is 0 Å². The van der Waals surface area contributed by atoms with Gasteiger partial charge < -0.3 is 5.32 Å². The molecule has 60 valence electrons. The molecule has 1 aliphatic rings. The van der Waals surface area contributed by atoms with Crippen molar-refractivity contribution in [3.05, 3.63) is 0 Å². The van der Waals surface area contributed by atoms with Gasteiger partial charge in [-0.2, -0.15) is 0 Å². The van der Waals surface area contributed by atoms with Gasteiger partial charge in [0.05, 0.1) is 0 Å². The van der Waals surface area contributed by atoms with E-state index in [2.05, 4.69) is 33.0 Å². The molecule has 0 atom stereocenters. The first-order chi connectivity index (χ1) is 4.41. The Hall–Kier alpha value is 0.960. The topological polar surface area (TPSA) is 12.0 Å². The van der Waals surface area contributed by atoms with Gasteiger partial charge in [0.25, 0.3) is 0 Å². The standard InChI is InChI=1S/C9H19N.Na/c1-8(2)5-6-9(3,4)10-7-8;/h10H,5-7H2,1-4H3;/q;+1. The fraction of sp³-hybridized carbons (Fsp3) is 1.00. The molecule has 0 radical (unpaired) electrons. The SMILES string of the molecule is CC1(C)CCC(C)(C)NC1.[Na+]. The second-order valence-corrected chi connectivity index (χ2v) is 4.90. The third kappa shape index (κ3) is 3.93. The van der Waals surface area contributed by atoms with Crippen molar-refractivity contribution in [1.82, 2.24) is 5.32 Å². The van der Waals surface area contributed by atoms with Crippen LogP contribution in [-0.4, -0.2) is 12.1 Å². The third-order valence-electron chi connectivity index (χ3n) is 2.47. The van der Waals surface area contributed by atoms with Gasteiger partial charge in [0.2, 0.25) is 0 Å². The van der Waals surface area contributed by atoms with Crippen LogP contribution >= 0.6 is 0 Å². The first-order valence-electron chi connectivity index (χ1n) is 4.16. The molecule has 0 aromatic carbocycles. The Bertz CT molecular complexity index is 102. The summed E-state index contributed by atoms with van der Waals surface area (Å²) in [4.78, 5) is 0. The molecule has 1 saturated heterocycles. The molecule has 0 spiro atoms. The summed E-state index contributed by atoms with van der Waals surface area (Å²) in [6.45, 7) is 10.4. The van der Waals surface area contributed by atoms with Crippen molar-refractivity contribution in [1.29, 1.82) is 0 Å². The molecule has 1 nitrogen and oxygen atoms in total. The predicted octanol–water partition coefficient (Wildman–Crippen LogP) is -0.821. The van der Waals surface area contributed by atoms with Crippen molar-refractivity contribution >= 4 is 0 Å². The average Bonchev–Trinajstić information content (AvgIpc) is 1.79. The number of nitrogens with one attached hydrogen (secondary N) is 1. The Morgan fingerprint density at radius 1 is 1.00 bits per heavy atom. The third-order valence-corrected chi connectivity index (χ3v) is 2.47. The summed E-state index contributed by atoms with van der Waals surface area (Å²) in [5.74, 6) is 0. The largest absolute Gasteiger partial charge is 1.00 e. The molecule has 2 heteroatoms. The maximum absolute atomic E-state index is 3.55. The van der Waals surface area contributed by atoms with E-state index >= 15 is 0 Å².